The van der Waals surface area contributed by atoms with Gasteiger partial charge in [0.15, 0.2) is 0 Å². The molecule has 18 heavy (non-hydrogen) atoms. The predicted octanol–water partition coefficient (Wildman–Crippen LogP) is 3.96. The molecule has 0 radical (unpaired) electrons. The Hall–Kier alpha value is -2.15. The van der Waals surface area contributed by atoms with Gasteiger partial charge in [-0.3, -0.25) is 4.79 Å². The van der Waals surface area contributed by atoms with Crippen LogP contribution < -0.4 is 0 Å². The first-order valence-electron chi connectivity index (χ1n) is 6.05. The molecular weight excluding hydrogens is 220 g/mol. The van der Waals surface area contributed by atoms with E-state index in [2.05, 4.69) is 24.3 Å². The molecule has 0 aliphatic heterocycles. The molecule has 2 aromatic carbocycles. The van der Waals surface area contributed by atoms with E-state index in [1.165, 1.54) is 11.1 Å². The predicted molar refractivity (Wildman–Crippen MR) is 74.5 cm³/mol. The standard InChI is InChI=1S/C17H16O/c1-14(13-18)12-17(15-8-4-2-5-9-15)16-10-6-3-7-11-16/h2-13,17H,1H3/b14-12-. The lowest BCUT2D eigenvalue weighted by Gasteiger charge is -2.14. The van der Waals surface area contributed by atoms with Crippen molar-refractivity contribution in [1.82, 2.24) is 0 Å². The summed E-state index contributed by atoms with van der Waals surface area (Å²) < 4.78 is 0. The van der Waals surface area contributed by atoms with Crippen molar-refractivity contribution in [3.8, 4) is 0 Å². The van der Waals surface area contributed by atoms with Gasteiger partial charge in [-0.15, -0.1) is 0 Å². The van der Waals surface area contributed by atoms with Crippen molar-refractivity contribution < 1.29 is 4.79 Å². The van der Waals surface area contributed by atoms with Gasteiger partial charge in [-0.25, -0.2) is 0 Å². The van der Waals surface area contributed by atoms with E-state index in [1.807, 2.05) is 49.4 Å². The van der Waals surface area contributed by atoms with Crippen LogP contribution in [-0.4, -0.2) is 6.29 Å². The zero-order chi connectivity index (χ0) is 12.8. The maximum Gasteiger partial charge on any atom is 0.145 e. The maximum atomic E-state index is 10.8. The van der Waals surface area contributed by atoms with Crippen molar-refractivity contribution in [1.29, 1.82) is 0 Å². The van der Waals surface area contributed by atoms with Gasteiger partial charge in [-0.1, -0.05) is 66.7 Å². The zero-order valence-electron chi connectivity index (χ0n) is 10.4. The first kappa shape index (κ1) is 12.3. The van der Waals surface area contributed by atoms with Crippen LogP contribution in [0.4, 0.5) is 0 Å². The molecule has 1 heteroatoms. The van der Waals surface area contributed by atoms with Crippen LogP contribution in [0, 0.1) is 0 Å². The summed E-state index contributed by atoms with van der Waals surface area (Å²) in [4.78, 5) is 10.8. The van der Waals surface area contributed by atoms with Crippen LogP contribution in [0.3, 0.4) is 0 Å². The van der Waals surface area contributed by atoms with Gasteiger partial charge in [0.2, 0.25) is 0 Å². The summed E-state index contributed by atoms with van der Waals surface area (Å²) in [6.45, 7) is 1.84. The van der Waals surface area contributed by atoms with Gasteiger partial charge in [0, 0.05) is 5.92 Å². The first-order chi connectivity index (χ1) is 8.81. The molecule has 1 nitrogen and oxygen atoms in total. The molecule has 0 amide bonds. The van der Waals surface area contributed by atoms with Crippen LogP contribution >= 0.6 is 0 Å². The fourth-order valence-electron chi connectivity index (χ4n) is 2.01. The van der Waals surface area contributed by atoms with Crippen molar-refractivity contribution in [2.45, 2.75) is 12.8 Å². The second-order valence-corrected chi connectivity index (χ2v) is 4.33. The van der Waals surface area contributed by atoms with Gasteiger partial charge < -0.3 is 0 Å². The molecular formula is C17H16O. The molecule has 90 valence electrons. The van der Waals surface area contributed by atoms with E-state index >= 15 is 0 Å². The summed E-state index contributed by atoms with van der Waals surface area (Å²) in [5, 5.41) is 0. The Morgan fingerprint density at radius 3 is 1.72 bits per heavy atom. The Labute approximate surface area is 108 Å². The summed E-state index contributed by atoms with van der Waals surface area (Å²) in [5.41, 5.74) is 3.16. The lowest BCUT2D eigenvalue weighted by atomic mass is 9.90. The third-order valence-electron chi connectivity index (χ3n) is 2.93. The number of hydrogen-bond acceptors (Lipinski definition) is 1. The molecule has 0 fully saturated rings. The molecule has 0 aliphatic carbocycles. The van der Waals surface area contributed by atoms with Gasteiger partial charge in [0.05, 0.1) is 0 Å². The third-order valence-corrected chi connectivity index (χ3v) is 2.93. The average Bonchev–Trinajstić information content (AvgIpc) is 2.46. The minimum Gasteiger partial charge on any atom is -0.298 e. The normalized spacial score (nSPS) is 11.6. The number of allylic oxidation sites excluding steroid dienone is 2. The van der Waals surface area contributed by atoms with E-state index in [0.717, 1.165) is 11.9 Å². The van der Waals surface area contributed by atoms with Crippen molar-refractivity contribution in [2.24, 2.45) is 0 Å². The number of carbonyl (C=O) groups is 1. The highest BCUT2D eigenvalue weighted by Crippen LogP contribution is 2.26. The molecule has 0 aromatic heterocycles. The van der Waals surface area contributed by atoms with Crippen LogP contribution in [0.2, 0.25) is 0 Å². The fourth-order valence-corrected chi connectivity index (χ4v) is 2.01. The molecule has 0 aliphatic rings. The SMILES string of the molecule is C/C(C=O)=C/C(c1ccccc1)c1ccccc1. The fraction of sp³-hybridized carbons (Fsp3) is 0.118. The molecule has 0 heterocycles. The molecule has 0 N–H and O–H groups in total. The Kier molecular flexibility index (Phi) is 4.08. The lowest BCUT2D eigenvalue weighted by Crippen LogP contribution is -1.98. The Bertz CT molecular complexity index is 487. The number of aldehydes is 1. The molecule has 2 aromatic rings. The van der Waals surface area contributed by atoms with E-state index in [9.17, 15) is 4.79 Å². The average molecular weight is 236 g/mol. The van der Waals surface area contributed by atoms with Gasteiger partial charge in [-0.2, -0.15) is 0 Å². The van der Waals surface area contributed by atoms with Crippen LogP contribution in [0.5, 0.6) is 0 Å². The van der Waals surface area contributed by atoms with E-state index in [4.69, 9.17) is 0 Å². The Morgan fingerprint density at radius 1 is 0.889 bits per heavy atom. The number of rotatable bonds is 4. The van der Waals surface area contributed by atoms with Gasteiger partial charge >= 0.3 is 0 Å². The smallest absolute Gasteiger partial charge is 0.145 e. The van der Waals surface area contributed by atoms with Gasteiger partial charge in [0.1, 0.15) is 6.29 Å². The van der Waals surface area contributed by atoms with Crippen LogP contribution in [0.1, 0.15) is 24.0 Å². The number of hydrogen-bond donors (Lipinski definition) is 0. The molecule has 0 saturated carbocycles. The summed E-state index contributed by atoms with van der Waals surface area (Å²) in [6.07, 6.45) is 2.91. The van der Waals surface area contributed by atoms with Crippen molar-refractivity contribution >= 4 is 6.29 Å². The highest BCUT2D eigenvalue weighted by Gasteiger charge is 2.10. The second kappa shape index (κ2) is 5.97. The zero-order valence-corrected chi connectivity index (χ0v) is 10.4. The summed E-state index contributed by atoms with van der Waals surface area (Å²) in [7, 11) is 0. The summed E-state index contributed by atoms with van der Waals surface area (Å²) >= 11 is 0. The number of benzene rings is 2. The van der Waals surface area contributed by atoms with Crippen LogP contribution in [-0.2, 0) is 4.79 Å². The van der Waals surface area contributed by atoms with E-state index in [0.29, 0.717) is 0 Å². The molecule has 0 spiro atoms. The molecule has 0 bridgehead atoms. The Morgan fingerprint density at radius 2 is 1.33 bits per heavy atom. The second-order valence-electron chi connectivity index (χ2n) is 4.33. The molecule has 2 rings (SSSR count). The number of carbonyl (C=O) groups excluding carboxylic acids is 1. The van der Waals surface area contributed by atoms with E-state index in [1.54, 1.807) is 0 Å². The molecule has 0 saturated heterocycles. The summed E-state index contributed by atoms with van der Waals surface area (Å²) in [6, 6.07) is 20.5. The van der Waals surface area contributed by atoms with Crippen molar-refractivity contribution in [2.75, 3.05) is 0 Å². The minimum atomic E-state index is 0.137. The van der Waals surface area contributed by atoms with Crippen LogP contribution in [0.15, 0.2) is 72.3 Å². The van der Waals surface area contributed by atoms with Gasteiger partial charge in [0.25, 0.3) is 0 Å². The molecule has 0 unspecified atom stereocenters. The van der Waals surface area contributed by atoms with Crippen molar-refractivity contribution in [3.05, 3.63) is 83.4 Å². The highest BCUT2D eigenvalue weighted by molar-refractivity contribution is 5.72. The first-order valence-corrected chi connectivity index (χ1v) is 6.05. The van der Waals surface area contributed by atoms with E-state index in [-0.39, 0.29) is 5.92 Å². The van der Waals surface area contributed by atoms with Gasteiger partial charge in [-0.05, 0) is 23.6 Å². The largest absolute Gasteiger partial charge is 0.298 e. The quantitative estimate of drug-likeness (QED) is 0.580. The maximum absolute atomic E-state index is 10.8. The lowest BCUT2D eigenvalue weighted by molar-refractivity contribution is -0.104. The Balaban J connectivity index is 2.45. The van der Waals surface area contributed by atoms with Crippen LogP contribution in [0.25, 0.3) is 0 Å². The molecule has 0 atom stereocenters. The highest BCUT2D eigenvalue weighted by atomic mass is 16.1. The topological polar surface area (TPSA) is 17.1 Å². The minimum absolute atomic E-state index is 0.137. The monoisotopic (exact) mass is 236 g/mol. The third kappa shape index (κ3) is 2.95. The summed E-state index contributed by atoms with van der Waals surface area (Å²) in [5.74, 6) is 0.137. The van der Waals surface area contributed by atoms with Crippen molar-refractivity contribution in [3.63, 3.8) is 0 Å². The van der Waals surface area contributed by atoms with E-state index < -0.39 is 0 Å².